The topological polar surface area (TPSA) is 138 Å². The number of pyridine rings is 1. The zero-order valence-corrected chi connectivity index (χ0v) is 20.9. The summed E-state index contributed by atoms with van der Waals surface area (Å²) in [6, 6.07) is 1.47. The molecule has 0 unspecified atom stereocenters. The maximum atomic E-state index is 12.8. The predicted molar refractivity (Wildman–Crippen MR) is 105 cm³/mol. The number of carbonyl (C=O) groups is 4. The standard InChI is InChI=1S/C20H27N3O7.Na/c1-19(2,3)29-17(27)23(18(28)30-20(4,5)6)14-13(11-7-8-11)9-12(10-21-14)22-15(24)16(25)26;/h9-11H,7-8H2,1-6H3,(H,22,24)(H,25,26);/q;+1/p-1. The van der Waals surface area contributed by atoms with Gasteiger partial charge in [0.25, 0.3) is 5.91 Å². The fourth-order valence-corrected chi connectivity index (χ4v) is 2.47. The fourth-order valence-electron chi connectivity index (χ4n) is 2.47. The molecule has 0 radical (unpaired) electrons. The number of carbonyl (C=O) groups excluding carboxylic acids is 4. The second-order valence-electron chi connectivity index (χ2n) is 8.95. The third-order valence-corrected chi connectivity index (χ3v) is 3.72. The molecule has 2 rings (SSSR count). The van der Waals surface area contributed by atoms with Gasteiger partial charge in [0.1, 0.15) is 17.2 Å². The minimum Gasteiger partial charge on any atom is -0.540 e. The summed E-state index contributed by atoms with van der Waals surface area (Å²) in [7, 11) is 0. The van der Waals surface area contributed by atoms with E-state index >= 15 is 0 Å². The SMILES string of the molecule is CC(C)(C)OC(=O)N(C(=O)OC(C)(C)C)c1ncc(NC(=O)C(=O)[O-])cc1C1CC1.[Na+]. The van der Waals surface area contributed by atoms with Crippen molar-refractivity contribution in [2.75, 3.05) is 10.2 Å². The fraction of sp³-hybridized carbons (Fsp3) is 0.550. The number of nitrogens with zero attached hydrogens (tertiary/aromatic N) is 2. The van der Waals surface area contributed by atoms with E-state index < -0.39 is 35.3 Å². The Kier molecular flexibility index (Phi) is 8.64. The number of nitrogens with one attached hydrogen (secondary N) is 1. The number of anilines is 2. The summed E-state index contributed by atoms with van der Waals surface area (Å²) in [5.41, 5.74) is -1.16. The van der Waals surface area contributed by atoms with Crippen LogP contribution in [-0.4, -0.2) is 40.2 Å². The molecular formula is C20H26N3NaO7. The van der Waals surface area contributed by atoms with Crippen LogP contribution in [-0.2, 0) is 19.1 Å². The smallest absolute Gasteiger partial charge is 0.540 e. The van der Waals surface area contributed by atoms with Gasteiger partial charge in [-0.05, 0) is 66.4 Å². The summed E-state index contributed by atoms with van der Waals surface area (Å²) in [6.45, 7) is 9.95. The number of imide groups is 1. The molecule has 0 aliphatic heterocycles. The van der Waals surface area contributed by atoms with Gasteiger partial charge >= 0.3 is 41.7 Å². The Morgan fingerprint density at radius 3 is 1.90 bits per heavy atom. The van der Waals surface area contributed by atoms with Crippen LogP contribution in [0.15, 0.2) is 12.3 Å². The molecule has 1 aromatic heterocycles. The third kappa shape index (κ3) is 8.12. The van der Waals surface area contributed by atoms with Gasteiger partial charge in [0, 0.05) is 5.56 Å². The molecule has 0 spiro atoms. The maximum absolute atomic E-state index is 12.8. The number of ether oxygens (including phenoxy) is 2. The molecule has 1 aliphatic carbocycles. The van der Waals surface area contributed by atoms with Gasteiger partial charge in [0.15, 0.2) is 5.82 Å². The molecule has 3 amide bonds. The van der Waals surface area contributed by atoms with Gasteiger partial charge < -0.3 is 24.7 Å². The molecule has 1 N–H and O–H groups in total. The van der Waals surface area contributed by atoms with E-state index in [1.54, 1.807) is 41.5 Å². The normalized spacial score (nSPS) is 13.5. The molecule has 1 saturated carbocycles. The summed E-state index contributed by atoms with van der Waals surface area (Å²) in [6.07, 6.45) is 0.783. The van der Waals surface area contributed by atoms with Gasteiger partial charge in [-0.15, -0.1) is 0 Å². The van der Waals surface area contributed by atoms with Crippen LogP contribution in [0, 0.1) is 0 Å². The van der Waals surface area contributed by atoms with Crippen LogP contribution in [0.4, 0.5) is 21.1 Å². The first kappa shape index (κ1) is 26.9. The molecule has 10 nitrogen and oxygen atoms in total. The average Bonchev–Trinajstić information content (AvgIpc) is 3.37. The average molecular weight is 443 g/mol. The van der Waals surface area contributed by atoms with Crippen LogP contribution in [0.3, 0.4) is 0 Å². The summed E-state index contributed by atoms with van der Waals surface area (Å²) in [5.74, 6) is -3.23. The summed E-state index contributed by atoms with van der Waals surface area (Å²) in [5, 5.41) is 12.8. The van der Waals surface area contributed by atoms with E-state index in [1.165, 1.54) is 6.07 Å². The molecule has 1 aliphatic rings. The maximum Gasteiger partial charge on any atom is 1.00 e. The van der Waals surface area contributed by atoms with E-state index in [-0.39, 0.29) is 47.0 Å². The Bertz CT molecular complexity index is 843. The minimum atomic E-state index is -1.89. The van der Waals surface area contributed by atoms with Crippen molar-refractivity contribution >= 4 is 35.6 Å². The number of hydrogen-bond acceptors (Lipinski definition) is 8. The zero-order valence-electron chi connectivity index (χ0n) is 18.9. The Labute approximate surface area is 203 Å². The second-order valence-corrected chi connectivity index (χ2v) is 8.95. The summed E-state index contributed by atoms with van der Waals surface area (Å²) < 4.78 is 10.7. The van der Waals surface area contributed by atoms with Crippen LogP contribution >= 0.6 is 0 Å². The first-order valence-electron chi connectivity index (χ1n) is 9.46. The number of hydrogen-bond donors (Lipinski definition) is 1. The number of rotatable bonds is 3. The van der Waals surface area contributed by atoms with Gasteiger partial charge in [-0.3, -0.25) is 4.79 Å². The number of amides is 3. The van der Waals surface area contributed by atoms with Crippen molar-refractivity contribution in [2.24, 2.45) is 0 Å². The quantitative estimate of drug-likeness (QED) is 0.479. The van der Waals surface area contributed by atoms with Crippen molar-refractivity contribution in [1.29, 1.82) is 0 Å². The van der Waals surface area contributed by atoms with E-state index in [0.29, 0.717) is 10.5 Å². The van der Waals surface area contributed by atoms with Crippen molar-refractivity contribution in [3.63, 3.8) is 0 Å². The molecule has 0 atom stereocenters. The molecule has 1 fully saturated rings. The first-order valence-corrected chi connectivity index (χ1v) is 9.46. The third-order valence-electron chi connectivity index (χ3n) is 3.72. The van der Waals surface area contributed by atoms with E-state index in [9.17, 15) is 24.3 Å². The van der Waals surface area contributed by atoms with Crippen LogP contribution < -0.4 is 44.9 Å². The second kappa shape index (κ2) is 9.97. The van der Waals surface area contributed by atoms with Crippen molar-refractivity contribution in [3.05, 3.63) is 17.8 Å². The van der Waals surface area contributed by atoms with Crippen LogP contribution in [0.25, 0.3) is 0 Å². The Morgan fingerprint density at radius 1 is 1.03 bits per heavy atom. The van der Waals surface area contributed by atoms with Gasteiger partial charge in [-0.2, -0.15) is 4.90 Å². The monoisotopic (exact) mass is 443 g/mol. The number of carboxylic acid groups (broad SMARTS) is 1. The Balaban J connectivity index is 0.00000480. The van der Waals surface area contributed by atoms with Crippen LogP contribution in [0.5, 0.6) is 0 Å². The number of aromatic nitrogens is 1. The van der Waals surface area contributed by atoms with Gasteiger partial charge in [0.2, 0.25) is 0 Å². The summed E-state index contributed by atoms with van der Waals surface area (Å²) in [4.78, 5) is 52.6. The van der Waals surface area contributed by atoms with Crippen molar-refractivity contribution < 1.29 is 63.3 Å². The Hall–Kier alpha value is -2.17. The molecular weight excluding hydrogens is 417 g/mol. The molecule has 1 heterocycles. The molecule has 31 heavy (non-hydrogen) atoms. The van der Waals surface area contributed by atoms with Crippen molar-refractivity contribution in [1.82, 2.24) is 4.98 Å². The predicted octanol–water partition coefficient (Wildman–Crippen LogP) is -0.672. The number of carboxylic acids is 1. The molecule has 11 heteroatoms. The van der Waals surface area contributed by atoms with Crippen LogP contribution in [0.2, 0.25) is 0 Å². The van der Waals surface area contributed by atoms with Crippen molar-refractivity contribution in [2.45, 2.75) is 71.5 Å². The molecule has 0 aromatic carbocycles. The Morgan fingerprint density at radius 2 is 1.52 bits per heavy atom. The molecule has 0 saturated heterocycles. The van der Waals surface area contributed by atoms with E-state index in [1.807, 2.05) is 0 Å². The van der Waals surface area contributed by atoms with E-state index in [2.05, 4.69) is 10.3 Å². The van der Waals surface area contributed by atoms with Crippen LogP contribution in [0.1, 0.15) is 65.9 Å². The number of aliphatic carboxylic acids is 1. The molecule has 0 bridgehead atoms. The summed E-state index contributed by atoms with van der Waals surface area (Å²) >= 11 is 0. The van der Waals surface area contributed by atoms with Crippen molar-refractivity contribution in [3.8, 4) is 0 Å². The van der Waals surface area contributed by atoms with E-state index in [4.69, 9.17) is 9.47 Å². The zero-order chi connectivity index (χ0) is 22.9. The largest absolute Gasteiger partial charge is 1.00 e. The van der Waals surface area contributed by atoms with E-state index in [0.717, 1.165) is 19.0 Å². The van der Waals surface area contributed by atoms with Gasteiger partial charge in [0.05, 0.1) is 11.9 Å². The molecule has 1 aromatic rings. The minimum absolute atomic E-state index is 0. The first-order chi connectivity index (χ1) is 13.7. The molecule has 164 valence electrons. The van der Waals surface area contributed by atoms with Gasteiger partial charge in [-0.25, -0.2) is 14.6 Å². The van der Waals surface area contributed by atoms with Gasteiger partial charge in [-0.1, -0.05) is 0 Å².